The van der Waals surface area contributed by atoms with Gasteiger partial charge in [-0.1, -0.05) is 60.7 Å². The molecule has 0 spiro atoms. The summed E-state index contributed by atoms with van der Waals surface area (Å²) >= 11 is 1.21. The Morgan fingerprint density at radius 1 is 1.04 bits per heavy atom. The summed E-state index contributed by atoms with van der Waals surface area (Å²) in [5, 5.41) is 14.4. The predicted octanol–water partition coefficient (Wildman–Crippen LogP) is 3.99. The second-order valence-corrected chi connectivity index (χ2v) is 6.67. The van der Waals surface area contributed by atoms with E-state index in [1.165, 1.54) is 28.8 Å². The van der Waals surface area contributed by atoms with Gasteiger partial charge in [0.05, 0.1) is 6.54 Å². The molecule has 0 aliphatic heterocycles. The van der Waals surface area contributed by atoms with Gasteiger partial charge in [0, 0.05) is 10.9 Å². The number of hydrogen-bond donors (Lipinski definition) is 2. The highest BCUT2D eigenvalue weighted by molar-refractivity contribution is 7.13. The number of amides is 1. The van der Waals surface area contributed by atoms with Crippen molar-refractivity contribution in [1.82, 2.24) is 10.3 Å². The van der Waals surface area contributed by atoms with Crippen molar-refractivity contribution in [2.45, 2.75) is 11.8 Å². The van der Waals surface area contributed by atoms with E-state index in [9.17, 15) is 23.1 Å². The third-order valence-corrected chi connectivity index (χ3v) is 4.87. The summed E-state index contributed by atoms with van der Waals surface area (Å²) in [4.78, 5) is 16.4. The number of hydrogen-bond acceptors (Lipinski definition) is 4. The summed E-state index contributed by atoms with van der Waals surface area (Å²) in [5.74, 6) is -0.785. The lowest BCUT2D eigenvalue weighted by molar-refractivity contribution is -0.263. The minimum absolute atomic E-state index is 0.00330. The fourth-order valence-corrected chi connectivity index (χ4v) is 3.28. The Kier molecular flexibility index (Phi) is 5.29. The highest BCUT2D eigenvalue weighted by Gasteiger charge is 2.55. The summed E-state index contributed by atoms with van der Waals surface area (Å²) in [6, 6.07) is 15.8. The Balaban J connectivity index is 1.77. The summed E-state index contributed by atoms with van der Waals surface area (Å²) in [5.41, 5.74) is -2.74. The molecule has 0 saturated carbocycles. The van der Waals surface area contributed by atoms with Crippen LogP contribution in [-0.4, -0.2) is 28.7 Å². The third kappa shape index (κ3) is 4.01. The highest BCUT2D eigenvalue weighted by Crippen LogP contribution is 2.38. The van der Waals surface area contributed by atoms with E-state index in [-0.39, 0.29) is 11.3 Å². The van der Waals surface area contributed by atoms with Crippen molar-refractivity contribution in [3.05, 3.63) is 77.3 Å². The molecule has 0 unspecified atom stereocenters. The monoisotopic (exact) mass is 392 g/mol. The topological polar surface area (TPSA) is 62.2 Å². The molecule has 8 heteroatoms. The first-order valence-electron chi connectivity index (χ1n) is 7.95. The summed E-state index contributed by atoms with van der Waals surface area (Å²) in [6.07, 6.45) is -4.96. The van der Waals surface area contributed by atoms with Crippen LogP contribution in [0.15, 0.2) is 66.0 Å². The molecule has 0 aliphatic carbocycles. The fraction of sp³-hybridized carbons (Fsp3) is 0.158. The first-order valence-corrected chi connectivity index (χ1v) is 8.83. The lowest BCUT2D eigenvalue weighted by Crippen LogP contribution is -2.51. The number of carbonyl (C=O) groups excluding carboxylic acids is 1. The average molecular weight is 392 g/mol. The molecule has 1 amide bonds. The maximum Gasteiger partial charge on any atom is 0.423 e. The van der Waals surface area contributed by atoms with E-state index < -0.39 is 24.2 Å². The number of aliphatic hydroxyl groups is 1. The van der Waals surface area contributed by atoms with Gasteiger partial charge in [-0.2, -0.15) is 13.2 Å². The van der Waals surface area contributed by atoms with Crippen LogP contribution in [0.4, 0.5) is 13.2 Å². The number of carbonyl (C=O) groups is 1. The van der Waals surface area contributed by atoms with Crippen LogP contribution in [0.2, 0.25) is 0 Å². The number of rotatable bonds is 5. The van der Waals surface area contributed by atoms with E-state index in [0.717, 1.165) is 17.7 Å². The summed E-state index contributed by atoms with van der Waals surface area (Å²) in [7, 11) is 0. The van der Waals surface area contributed by atoms with Gasteiger partial charge in [-0.3, -0.25) is 4.79 Å². The van der Waals surface area contributed by atoms with Gasteiger partial charge in [-0.05, 0) is 5.56 Å². The predicted molar refractivity (Wildman–Crippen MR) is 96.3 cm³/mol. The van der Waals surface area contributed by atoms with Crippen LogP contribution in [0.1, 0.15) is 16.1 Å². The zero-order valence-corrected chi connectivity index (χ0v) is 14.7. The van der Waals surface area contributed by atoms with Crippen LogP contribution in [0, 0.1) is 0 Å². The van der Waals surface area contributed by atoms with E-state index in [1.807, 2.05) is 30.3 Å². The number of alkyl halides is 3. The largest absolute Gasteiger partial charge is 0.423 e. The molecule has 1 heterocycles. The van der Waals surface area contributed by atoms with E-state index in [2.05, 4.69) is 10.3 Å². The molecule has 4 nitrogen and oxygen atoms in total. The van der Waals surface area contributed by atoms with E-state index in [4.69, 9.17) is 0 Å². The molecule has 2 N–H and O–H groups in total. The van der Waals surface area contributed by atoms with Gasteiger partial charge in [0.15, 0.2) is 0 Å². The summed E-state index contributed by atoms with van der Waals surface area (Å²) < 4.78 is 40.4. The van der Waals surface area contributed by atoms with Gasteiger partial charge in [0.2, 0.25) is 5.60 Å². The number of nitrogens with one attached hydrogen (secondary N) is 1. The zero-order chi connectivity index (χ0) is 19.5. The van der Waals surface area contributed by atoms with E-state index >= 15 is 0 Å². The van der Waals surface area contributed by atoms with E-state index in [1.54, 1.807) is 6.07 Å². The second-order valence-electron chi connectivity index (χ2n) is 5.81. The van der Waals surface area contributed by atoms with Crippen molar-refractivity contribution in [2.24, 2.45) is 0 Å². The standard InChI is InChI=1S/C19H15F3N2O2S/c20-19(21,22)18(26,14-9-5-2-6-10-14)12-23-16(25)15-11-27-17(24-15)13-7-3-1-4-8-13/h1-11,26H,12H2,(H,23,25)/t18-/m0/s1. The Labute approximate surface area is 157 Å². The molecule has 0 saturated heterocycles. The molecule has 0 bridgehead atoms. The number of nitrogens with zero attached hydrogens (tertiary/aromatic N) is 1. The van der Waals surface area contributed by atoms with Gasteiger partial charge >= 0.3 is 6.18 Å². The van der Waals surface area contributed by atoms with Crippen LogP contribution < -0.4 is 5.32 Å². The highest BCUT2D eigenvalue weighted by atomic mass is 32.1. The minimum atomic E-state index is -4.96. The normalized spacial score (nSPS) is 13.8. The van der Waals surface area contributed by atoms with Crippen molar-refractivity contribution in [3.8, 4) is 10.6 Å². The number of thiazole rings is 1. The third-order valence-electron chi connectivity index (χ3n) is 3.98. The van der Waals surface area contributed by atoms with Crippen LogP contribution in [0.25, 0.3) is 10.6 Å². The van der Waals surface area contributed by atoms with Crippen molar-refractivity contribution in [2.75, 3.05) is 6.54 Å². The van der Waals surface area contributed by atoms with Gasteiger partial charge in [-0.25, -0.2) is 4.98 Å². The van der Waals surface area contributed by atoms with Crippen LogP contribution in [-0.2, 0) is 5.60 Å². The Hall–Kier alpha value is -2.71. The summed E-state index contributed by atoms with van der Waals surface area (Å²) in [6.45, 7) is -1.02. The molecule has 2 aromatic carbocycles. The molecule has 27 heavy (non-hydrogen) atoms. The van der Waals surface area contributed by atoms with Crippen LogP contribution in [0.3, 0.4) is 0 Å². The molecule has 140 valence electrons. The molecule has 0 aliphatic rings. The Bertz CT molecular complexity index is 913. The first-order chi connectivity index (χ1) is 12.8. The van der Waals surface area contributed by atoms with Gasteiger partial charge in [0.1, 0.15) is 10.7 Å². The average Bonchev–Trinajstić information content (AvgIpc) is 3.16. The Morgan fingerprint density at radius 3 is 2.22 bits per heavy atom. The SMILES string of the molecule is O=C(NC[C@](O)(c1ccccc1)C(F)(F)F)c1csc(-c2ccccc2)n1. The number of aromatic nitrogens is 1. The smallest absolute Gasteiger partial charge is 0.375 e. The molecular formula is C19H15F3N2O2S. The van der Waals surface area contributed by atoms with Crippen LogP contribution in [0.5, 0.6) is 0 Å². The Morgan fingerprint density at radius 2 is 1.63 bits per heavy atom. The zero-order valence-electron chi connectivity index (χ0n) is 13.9. The minimum Gasteiger partial charge on any atom is -0.375 e. The molecule has 3 rings (SSSR count). The van der Waals surface area contributed by atoms with Gasteiger partial charge in [0.25, 0.3) is 5.91 Å². The second kappa shape index (κ2) is 7.50. The maximum absolute atomic E-state index is 13.5. The molecule has 0 fully saturated rings. The van der Waals surface area contributed by atoms with E-state index in [0.29, 0.717) is 5.01 Å². The van der Waals surface area contributed by atoms with Gasteiger partial charge in [-0.15, -0.1) is 11.3 Å². The lowest BCUT2D eigenvalue weighted by atomic mass is 9.93. The molecule has 0 radical (unpaired) electrons. The molecule has 3 aromatic rings. The fourth-order valence-electron chi connectivity index (χ4n) is 2.47. The van der Waals surface area contributed by atoms with Crippen molar-refractivity contribution >= 4 is 17.2 Å². The lowest BCUT2D eigenvalue weighted by Gasteiger charge is -2.31. The van der Waals surface area contributed by atoms with Crippen LogP contribution >= 0.6 is 11.3 Å². The maximum atomic E-state index is 13.5. The number of benzene rings is 2. The first kappa shape index (κ1) is 19.1. The molecule has 1 atom stereocenters. The molecule has 1 aromatic heterocycles. The van der Waals surface area contributed by atoms with Gasteiger partial charge < -0.3 is 10.4 Å². The van der Waals surface area contributed by atoms with Crippen molar-refractivity contribution < 1.29 is 23.1 Å². The molecular weight excluding hydrogens is 377 g/mol. The quantitative estimate of drug-likeness (QED) is 0.690. The number of halogens is 3. The van der Waals surface area contributed by atoms with Crippen molar-refractivity contribution in [3.63, 3.8) is 0 Å². The van der Waals surface area contributed by atoms with Crippen molar-refractivity contribution in [1.29, 1.82) is 0 Å².